The minimum Gasteiger partial charge on any atom is -0.494 e. The van der Waals surface area contributed by atoms with Gasteiger partial charge in [0.15, 0.2) is 0 Å². The fourth-order valence-corrected chi connectivity index (χ4v) is 2.06. The van der Waals surface area contributed by atoms with Crippen LogP contribution in [-0.2, 0) is 0 Å². The van der Waals surface area contributed by atoms with Crippen LogP contribution in [0.3, 0.4) is 0 Å². The first-order valence-corrected chi connectivity index (χ1v) is 7.39. The Hall–Kier alpha value is -2.76. The minimum atomic E-state index is -0.329. The topological polar surface area (TPSA) is 69.7 Å². The lowest BCUT2D eigenvalue weighted by molar-refractivity contribution is 0.102. The lowest BCUT2D eigenvalue weighted by Gasteiger charge is -2.14. The van der Waals surface area contributed by atoms with Gasteiger partial charge in [-0.25, -0.2) is 4.98 Å². The Morgan fingerprint density at radius 1 is 1.17 bits per heavy atom. The Kier molecular flexibility index (Phi) is 5.80. The molecule has 1 N–H and O–H groups in total. The standard InChI is InChI=1S/C17H20N2O4/c1-4-22-12-8-9-15(23-5-2)14(11-12)19-16(20)13-7-6-10-18-17(13)21-3/h6-11H,4-5H2,1-3H3,(H,19,20). The van der Waals surface area contributed by atoms with Crippen molar-refractivity contribution in [3.8, 4) is 17.4 Å². The molecular weight excluding hydrogens is 296 g/mol. The SMILES string of the molecule is CCOc1ccc(OCC)c(NC(=O)c2cccnc2OC)c1. The van der Waals surface area contributed by atoms with Crippen molar-refractivity contribution >= 4 is 11.6 Å². The van der Waals surface area contributed by atoms with Crippen molar-refractivity contribution < 1.29 is 19.0 Å². The third-order valence-corrected chi connectivity index (χ3v) is 3.02. The van der Waals surface area contributed by atoms with E-state index in [0.717, 1.165) is 0 Å². The van der Waals surface area contributed by atoms with Gasteiger partial charge in [-0.15, -0.1) is 0 Å². The number of rotatable bonds is 7. The summed E-state index contributed by atoms with van der Waals surface area (Å²) in [6.07, 6.45) is 1.57. The van der Waals surface area contributed by atoms with Crippen LogP contribution < -0.4 is 19.5 Å². The fourth-order valence-electron chi connectivity index (χ4n) is 2.06. The number of hydrogen-bond donors (Lipinski definition) is 1. The molecule has 0 unspecified atom stereocenters. The molecule has 1 heterocycles. The van der Waals surface area contributed by atoms with Gasteiger partial charge in [-0.05, 0) is 38.1 Å². The molecule has 6 heteroatoms. The summed E-state index contributed by atoms with van der Waals surface area (Å²) in [6, 6.07) is 8.63. The number of aromatic nitrogens is 1. The largest absolute Gasteiger partial charge is 0.494 e. The molecule has 0 aliphatic carbocycles. The Labute approximate surface area is 135 Å². The lowest BCUT2D eigenvalue weighted by atomic mass is 10.2. The van der Waals surface area contributed by atoms with Crippen LogP contribution in [0.5, 0.6) is 17.4 Å². The second-order valence-electron chi connectivity index (χ2n) is 4.54. The van der Waals surface area contributed by atoms with Gasteiger partial charge in [0, 0.05) is 12.3 Å². The van der Waals surface area contributed by atoms with Gasteiger partial charge >= 0.3 is 0 Å². The molecule has 0 fully saturated rings. The van der Waals surface area contributed by atoms with E-state index in [1.54, 1.807) is 36.5 Å². The van der Waals surface area contributed by atoms with Crippen LogP contribution in [0.15, 0.2) is 36.5 Å². The van der Waals surface area contributed by atoms with Gasteiger partial charge in [-0.1, -0.05) is 0 Å². The van der Waals surface area contributed by atoms with E-state index in [4.69, 9.17) is 14.2 Å². The molecule has 6 nitrogen and oxygen atoms in total. The Morgan fingerprint density at radius 2 is 1.96 bits per heavy atom. The molecule has 0 aliphatic rings. The summed E-state index contributed by atoms with van der Waals surface area (Å²) >= 11 is 0. The normalized spacial score (nSPS) is 10.0. The van der Waals surface area contributed by atoms with Gasteiger partial charge in [-0.3, -0.25) is 4.79 Å². The minimum absolute atomic E-state index is 0.268. The van der Waals surface area contributed by atoms with E-state index in [1.807, 2.05) is 13.8 Å². The van der Waals surface area contributed by atoms with Crippen LogP contribution in [0.2, 0.25) is 0 Å². The quantitative estimate of drug-likeness (QED) is 0.850. The van der Waals surface area contributed by atoms with Crippen molar-refractivity contribution in [2.24, 2.45) is 0 Å². The highest BCUT2D eigenvalue weighted by atomic mass is 16.5. The van der Waals surface area contributed by atoms with Crippen LogP contribution in [0.4, 0.5) is 5.69 Å². The summed E-state index contributed by atoms with van der Waals surface area (Å²) in [5.74, 6) is 1.17. The molecule has 1 amide bonds. The zero-order chi connectivity index (χ0) is 16.7. The van der Waals surface area contributed by atoms with Crippen molar-refractivity contribution in [3.63, 3.8) is 0 Å². The molecule has 0 bridgehead atoms. The van der Waals surface area contributed by atoms with E-state index in [-0.39, 0.29) is 11.8 Å². The molecule has 0 saturated heterocycles. The number of benzene rings is 1. The van der Waals surface area contributed by atoms with Crippen LogP contribution >= 0.6 is 0 Å². The average Bonchev–Trinajstić information content (AvgIpc) is 2.57. The monoisotopic (exact) mass is 316 g/mol. The van der Waals surface area contributed by atoms with Crippen molar-refractivity contribution in [1.29, 1.82) is 0 Å². The number of carbonyl (C=O) groups excluding carboxylic acids is 1. The zero-order valence-electron chi connectivity index (χ0n) is 13.5. The summed E-state index contributed by atoms with van der Waals surface area (Å²) in [6.45, 7) is 4.81. The molecule has 1 aromatic carbocycles. The highest BCUT2D eigenvalue weighted by Crippen LogP contribution is 2.30. The fraction of sp³-hybridized carbons (Fsp3) is 0.294. The van der Waals surface area contributed by atoms with E-state index in [9.17, 15) is 4.79 Å². The molecule has 0 atom stereocenters. The molecular formula is C17H20N2O4. The van der Waals surface area contributed by atoms with Gasteiger partial charge < -0.3 is 19.5 Å². The number of nitrogens with zero attached hydrogens (tertiary/aromatic N) is 1. The molecule has 0 saturated carbocycles. The van der Waals surface area contributed by atoms with Crippen LogP contribution in [0, 0.1) is 0 Å². The molecule has 2 rings (SSSR count). The highest BCUT2D eigenvalue weighted by molar-refractivity contribution is 6.06. The first-order chi connectivity index (χ1) is 11.2. The Balaban J connectivity index is 2.29. The molecule has 2 aromatic rings. The van der Waals surface area contributed by atoms with Crippen molar-refractivity contribution in [3.05, 3.63) is 42.1 Å². The van der Waals surface area contributed by atoms with Crippen molar-refractivity contribution in [1.82, 2.24) is 4.98 Å². The molecule has 0 radical (unpaired) electrons. The third-order valence-electron chi connectivity index (χ3n) is 3.02. The molecule has 0 aliphatic heterocycles. The number of hydrogen-bond acceptors (Lipinski definition) is 5. The van der Waals surface area contributed by atoms with Crippen molar-refractivity contribution in [2.45, 2.75) is 13.8 Å². The maximum Gasteiger partial charge on any atom is 0.261 e. The average molecular weight is 316 g/mol. The van der Waals surface area contributed by atoms with Gasteiger partial charge in [0.25, 0.3) is 5.91 Å². The first-order valence-electron chi connectivity index (χ1n) is 7.39. The summed E-state index contributed by atoms with van der Waals surface area (Å²) in [4.78, 5) is 16.5. The van der Waals surface area contributed by atoms with E-state index in [2.05, 4.69) is 10.3 Å². The molecule has 0 spiro atoms. The van der Waals surface area contributed by atoms with Crippen LogP contribution in [0.1, 0.15) is 24.2 Å². The number of methoxy groups -OCH3 is 1. The van der Waals surface area contributed by atoms with Crippen LogP contribution in [-0.4, -0.2) is 31.2 Å². The summed E-state index contributed by atoms with van der Waals surface area (Å²) in [7, 11) is 1.47. The van der Waals surface area contributed by atoms with E-state index in [1.165, 1.54) is 7.11 Å². The predicted octanol–water partition coefficient (Wildman–Crippen LogP) is 3.14. The molecule has 122 valence electrons. The number of amides is 1. The third kappa shape index (κ3) is 4.12. The van der Waals surface area contributed by atoms with Gasteiger partial charge in [-0.2, -0.15) is 0 Å². The van der Waals surface area contributed by atoms with E-state index >= 15 is 0 Å². The number of ether oxygens (including phenoxy) is 3. The number of pyridine rings is 1. The van der Waals surface area contributed by atoms with Gasteiger partial charge in [0.05, 0.1) is 26.0 Å². The van der Waals surface area contributed by atoms with Gasteiger partial charge in [0.2, 0.25) is 5.88 Å². The Bertz CT molecular complexity index is 673. The number of carbonyl (C=O) groups is 1. The first kappa shape index (κ1) is 16.6. The molecule has 23 heavy (non-hydrogen) atoms. The lowest BCUT2D eigenvalue weighted by Crippen LogP contribution is -2.14. The number of anilines is 1. The highest BCUT2D eigenvalue weighted by Gasteiger charge is 2.15. The van der Waals surface area contributed by atoms with E-state index < -0.39 is 0 Å². The smallest absolute Gasteiger partial charge is 0.261 e. The summed E-state index contributed by atoms with van der Waals surface area (Å²) in [5, 5.41) is 2.82. The van der Waals surface area contributed by atoms with E-state index in [0.29, 0.717) is 36.0 Å². The Morgan fingerprint density at radius 3 is 2.65 bits per heavy atom. The second kappa shape index (κ2) is 8.03. The second-order valence-corrected chi connectivity index (χ2v) is 4.54. The summed E-state index contributed by atoms with van der Waals surface area (Å²) in [5.41, 5.74) is 0.882. The summed E-state index contributed by atoms with van der Waals surface area (Å²) < 4.78 is 16.1. The predicted molar refractivity (Wildman–Crippen MR) is 87.5 cm³/mol. The maximum absolute atomic E-state index is 12.5. The van der Waals surface area contributed by atoms with Gasteiger partial charge in [0.1, 0.15) is 17.1 Å². The van der Waals surface area contributed by atoms with Crippen LogP contribution in [0.25, 0.3) is 0 Å². The number of nitrogens with one attached hydrogen (secondary N) is 1. The molecule has 1 aromatic heterocycles. The maximum atomic E-state index is 12.5. The zero-order valence-corrected chi connectivity index (χ0v) is 13.5. The van der Waals surface area contributed by atoms with Crippen molar-refractivity contribution in [2.75, 3.05) is 25.6 Å².